The second-order valence-corrected chi connectivity index (χ2v) is 6.55. The van der Waals surface area contributed by atoms with E-state index in [1.54, 1.807) is 6.26 Å². The number of fused-ring (bicyclic) bond motifs is 1. The first-order valence-corrected chi connectivity index (χ1v) is 8.05. The average Bonchev–Trinajstić information content (AvgIpc) is 3.08. The summed E-state index contributed by atoms with van der Waals surface area (Å²) in [7, 11) is 0. The molecule has 3 rings (SSSR count). The van der Waals surface area contributed by atoms with Crippen LogP contribution in [0.3, 0.4) is 0 Å². The van der Waals surface area contributed by atoms with Gasteiger partial charge >= 0.3 is 0 Å². The van der Waals surface area contributed by atoms with E-state index < -0.39 is 0 Å². The molecule has 0 saturated carbocycles. The predicted octanol–water partition coefficient (Wildman–Crippen LogP) is 3.31. The van der Waals surface area contributed by atoms with E-state index in [4.69, 9.17) is 4.42 Å². The quantitative estimate of drug-likeness (QED) is 0.900. The second kappa shape index (κ2) is 7.37. The van der Waals surface area contributed by atoms with Gasteiger partial charge in [0.2, 0.25) is 5.91 Å². The summed E-state index contributed by atoms with van der Waals surface area (Å²) in [4.78, 5) is 12.2. The van der Waals surface area contributed by atoms with E-state index in [0.29, 0.717) is 12.3 Å². The number of halogens is 1. The highest BCUT2D eigenvalue weighted by Gasteiger charge is 2.18. The molecule has 0 radical (unpaired) electrons. The maximum atomic E-state index is 12.2. The third-order valence-corrected chi connectivity index (χ3v) is 4.44. The van der Waals surface area contributed by atoms with Crippen LogP contribution in [0.4, 0.5) is 0 Å². The van der Waals surface area contributed by atoms with E-state index in [2.05, 4.69) is 43.5 Å². The van der Waals surface area contributed by atoms with Gasteiger partial charge < -0.3 is 15.1 Å². The molecule has 0 spiro atoms. The number of carbonyl (C=O) groups is 1. The molecule has 1 saturated heterocycles. The van der Waals surface area contributed by atoms with Crippen LogP contribution in [0.2, 0.25) is 0 Å². The van der Waals surface area contributed by atoms with Gasteiger partial charge in [-0.2, -0.15) is 0 Å². The third kappa shape index (κ3) is 3.88. The molecule has 1 atom stereocenters. The monoisotopic (exact) mass is 336 g/mol. The van der Waals surface area contributed by atoms with Crippen LogP contribution in [0.5, 0.6) is 0 Å². The Morgan fingerprint density at radius 2 is 2.22 bits per heavy atom. The van der Waals surface area contributed by atoms with Crippen LogP contribution in [0.15, 0.2) is 22.8 Å². The van der Waals surface area contributed by atoms with E-state index in [9.17, 15) is 4.79 Å². The lowest BCUT2D eigenvalue weighted by molar-refractivity contribution is -0.121. The largest absolute Gasteiger partial charge is 0.464 e. The Morgan fingerprint density at radius 3 is 2.87 bits per heavy atom. The van der Waals surface area contributed by atoms with Gasteiger partial charge in [0.15, 0.2) is 0 Å². The Kier molecular flexibility index (Phi) is 5.71. The van der Waals surface area contributed by atoms with Crippen molar-refractivity contribution < 1.29 is 9.21 Å². The molecule has 1 amide bonds. The molecule has 2 N–H and O–H groups in total. The van der Waals surface area contributed by atoms with Crippen molar-refractivity contribution >= 4 is 29.3 Å². The van der Waals surface area contributed by atoms with Crippen molar-refractivity contribution in [1.29, 1.82) is 0 Å². The minimum Gasteiger partial charge on any atom is -0.464 e. The van der Waals surface area contributed by atoms with Crippen LogP contribution < -0.4 is 10.6 Å². The minimum atomic E-state index is 0. The molecule has 2 aromatic rings. The molecule has 126 valence electrons. The van der Waals surface area contributed by atoms with Gasteiger partial charge in [-0.1, -0.05) is 13.8 Å². The van der Waals surface area contributed by atoms with Crippen LogP contribution in [0.1, 0.15) is 42.9 Å². The second-order valence-electron chi connectivity index (χ2n) is 6.55. The Labute approximate surface area is 143 Å². The number of rotatable bonds is 4. The SMILES string of the molecule is Cc1cc2occ(CC(=O)NC3CCNC3)c2cc1C(C)C.Cl. The van der Waals surface area contributed by atoms with Crippen molar-refractivity contribution in [3.63, 3.8) is 0 Å². The summed E-state index contributed by atoms with van der Waals surface area (Å²) in [6.07, 6.45) is 3.11. The zero-order valence-corrected chi connectivity index (χ0v) is 14.8. The summed E-state index contributed by atoms with van der Waals surface area (Å²) in [5.41, 5.74) is 4.40. The minimum absolute atomic E-state index is 0. The molecule has 0 aliphatic carbocycles. The lowest BCUT2D eigenvalue weighted by Crippen LogP contribution is -2.37. The fourth-order valence-corrected chi connectivity index (χ4v) is 3.23. The third-order valence-electron chi connectivity index (χ3n) is 4.44. The van der Waals surface area contributed by atoms with Gasteiger partial charge in [0.05, 0.1) is 12.7 Å². The summed E-state index contributed by atoms with van der Waals surface area (Å²) >= 11 is 0. The number of nitrogens with one attached hydrogen (secondary N) is 2. The van der Waals surface area contributed by atoms with Gasteiger partial charge in [-0.15, -0.1) is 12.4 Å². The van der Waals surface area contributed by atoms with Crippen molar-refractivity contribution in [2.24, 2.45) is 0 Å². The fourth-order valence-electron chi connectivity index (χ4n) is 3.23. The molecule has 1 aliphatic rings. The van der Waals surface area contributed by atoms with Gasteiger partial charge in [0, 0.05) is 23.5 Å². The number of amides is 1. The molecule has 2 heterocycles. The Balaban J connectivity index is 0.00000192. The summed E-state index contributed by atoms with van der Waals surface area (Å²) in [5.74, 6) is 0.536. The summed E-state index contributed by atoms with van der Waals surface area (Å²) in [6, 6.07) is 4.52. The number of benzene rings is 1. The van der Waals surface area contributed by atoms with E-state index in [1.165, 1.54) is 11.1 Å². The number of aryl methyl sites for hydroxylation is 1. The molecule has 4 nitrogen and oxygen atoms in total. The van der Waals surface area contributed by atoms with Crippen LogP contribution in [0.25, 0.3) is 11.0 Å². The zero-order chi connectivity index (χ0) is 15.7. The van der Waals surface area contributed by atoms with Crippen LogP contribution in [0, 0.1) is 6.92 Å². The summed E-state index contributed by atoms with van der Waals surface area (Å²) in [6.45, 7) is 8.34. The van der Waals surface area contributed by atoms with Crippen LogP contribution in [-0.2, 0) is 11.2 Å². The van der Waals surface area contributed by atoms with Crippen molar-refractivity contribution in [2.75, 3.05) is 13.1 Å². The number of hydrogen-bond acceptors (Lipinski definition) is 3. The number of carbonyl (C=O) groups excluding carboxylic acids is 1. The Bertz CT molecular complexity index is 688. The Morgan fingerprint density at radius 1 is 1.43 bits per heavy atom. The van der Waals surface area contributed by atoms with E-state index in [1.807, 2.05) is 0 Å². The van der Waals surface area contributed by atoms with Crippen LogP contribution >= 0.6 is 12.4 Å². The van der Waals surface area contributed by atoms with E-state index in [0.717, 1.165) is 36.0 Å². The molecule has 0 bridgehead atoms. The van der Waals surface area contributed by atoms with Crippen molar-refractivity contribution in [2.45, 2.75) is 45.6 Å². The average molecular weight is 337 g/mol. The lowest BCUT2D eigenvalue weighted by Gasteiger charge is -2.11. The molecular formula is C18H25ClN2O2. The van der Waals surface area contributed by atoms with Gasteiger partial charge in [-0.25, -0.2) is 0 Å². The zero-order valence-electron chi connectivity index (χ0n) is 13.9. The summed E-state index contributed by atoms with van der Waals surface area (Å²) in [5, 5.41) is 7.41. The molecule has 1 aliphatic heterocycles. The molecule has 1 aromatic carbocycles. The molecule has 1 unspecified atom stereocenters. The van der Waals surface area contributed by atoms with Gasteiger partial charge in [0.25, 0.3) is 0 Å². The van der Waals surface area contributed by atoms with Crippen LogP contribution in [-0.4, -0.2) is 25.0 Å². The van der Waals surface area contributed by atoms with Gasteiger partial charge in [-0.3, -0.25) is 4.79 Å². The molecule has 23 heavy (non-hydrogen) atoms. The maximum Gasteiger partial charge on any atom is 0.224 e. The number of furan rings is 1. The van der Waals surface area contributed by atoms with Gasteiger partial charge in [-0.05, 0) is 49.1 Å². The van der Waals surface area contributed by atoms with Gasteiger partial charge in [0.1, 0.15) is 5.58 Å². The normalized spacial score (nSPS) is 17.5. The lowest BCUT2D eigenvalue weighted by atomic mass is 9.95. The number of hydrogen-bond donors (Lipinski definition) is 2. The highest BCUT2D eigenvalue weighted by atomic mass is 35.5. The van der Waals surface area contributed by atoms with Crippen molar-refractivity contribution in [3.8, 4) is 0 Å². The Hall–Kier alpha value is -1.52. The standard InChI is InChI=1S/C18H24N2O2.ClH/c1-11(2)15-8-16-13(10-22-17(16)6-12(15)3)7-18(21)20-14-4-5-19-9-14;/h6,8,10-11,14,19H,4-5,7,9H2,1-3H3,(H,20,21);1H. The maximum absolute atomic E-state index is 12.2. The van der Waals surface area contributed by atoms with E-state index in [-0.39, 0.29) is 24.4 Å². The molecule has 1 fully saturated rings. The predicted molar refractivity (Wildman–Crippen MR) is 95.4 cm³/mol. The molecule has 1 aromatic heterocycles. The molecular weight excluding hydrogens is 312 g/mol. The summed E-state index contributed by atoms with van der Waals surface area (Å²) < 4.78 is 5.64. The fraction of sp³-hybridized carbons (Fsp3) is 0.500. The first-order valence-electron chi connectivity index (χ1n) is 8.05. The molecule has 5 heteroatoms. The first-order chi connectivity index (χ1) is 10.5. The smallest absolute Gasteiger partial charge is 0.224 e. The highest BCUT2D eigenvalue weighted by Crippen LogP contribution is 2.29. The highest BCUT2D eigenvalue weighted by molar-refractivity contribution is 5.88. The van der Waals surface area contributed by atoms with Crippen molar-refractivity contribution in [1.82, 2.24) is 10.6 Å². The topological polar surface area (TPSA) is 54.3 Å². The van der Waals surface area contributed by atoms with Crippen molar-refractivity contribution in [3.05, 3.63) is 35.1 Å². The first kappa shape index (κ1) is 17.8. The van der Waals surface area contributed by atoms with E-state index >= 15 is 0 Å².